The molecule has 0 spiro atoms. The van der Waals surface area contributed by atoms with Crippen LogP contribution >= 0.6 is 0 Å². The molecule has 5 rings (SSSR count). The van der Waals surface area contributed by atoms with Crippen molar-refractivity contribution < 1.29 is 87.7 Å². The van der Waals surface area contributed by atoms with E-state index >= 15 is 0 Å². The second kappa shape index (κ2) is 15.0. The molecule has 9 atom stereocenters. The number of ether oxygens (including phenoxy) is 7. The van der Waals surface area contributed by atoms with E-state index in [2.05, 4.69) is 0 Å². The summed E-state index contributed by atoms with van der Waals surface area (Å²) in [6.07, 6.45) is -14.7. The number of hydrogen-bond donors (Lipinski definition) is 7. The highest BCUT2D eigenvalue weighted by atomic mass is 16.7. The molecule has 0 saturated carbocycles. The summed E-state index contributed by atoms with van der Waals surface area (Å²) in [6.45, 7) is 2.20. The number of rotatable bonds is 9. The van der Waals surface area contributed by atoms with E-state index in [0.29, 0.717) is 0 Å². The van der Waals surface area contributed by atoms with Crippen LogP contribution in [0.3, 0.4) is 0 Å². The molecule has 3 heterocycles. The Hall–Kier alpha value is -5.18. The number of hydrogen-bond acceptors (Lipinski definition) is 19. The van der Waals surface area contributed by atoms with E-state index in [1.54, 1.807) is 0 Å². The SMILES string of the molecule is CC(=O)O[C@@H]1[C@@H](OC(C)=O)[C@H](OC[C@H]2O[C@@H](Oc3cc(O)cc4oc(-c5ccc(O)c(O)c5)c(O)c(=O)c34)[C@H](O)[C@@H](O)[C@H]2O)OC[C@@H]1OC(C)=O. The lowest BCUT2D eigenvalue weighted by atomic mass is 9.99. The fraction of sp³-hybridized carbons (Fsp3) is 0.438. The Labute approximate surface area is 286 Å². The standard InChI is InChI=1S/C32H34O19/c1-11(33)46-21-10-45-32(30(48-13(3)35)29(21)47-12(2)34)44-9-20-23(39)25(41)27(43)31(51-20)50-19-8-15(36)7-18-22(19)24(40)26(42)28(49-18)14-4-5-16(37)17(38)6-14/h4-8,20-21,23,25,27,29-32,36-39,41-43H,9-10H2,1-3H3/t20-,21+,23+,25+,27-,29+,30-,31-,32-/m1/s1. The van der Waals surface area contributed by atoms with Crippen LogP contribution in [0.15, 0.2) is 39.5 Å². The number of aromatic hydroxyl groups is 4. The molecule has 0 unspecified atom stereocenters. The Balaban J connectivity index is 1.40. The number of fused-ring (bicyclic) bond motifs is 1. The van der Waals surface area contributed by atoms with E-state index in [0.717, 1.165) is 45.0 Å². The van der Waals surface area contributed by atoms with E-state index < -0.39 is 125 Å². The van der Waals surface area contributed by atoms with Gasteiger partial charge < -0.3 is 73.3 Å². The van der Waals surface area contributed by atoms with Crippen molar-refractivity contribution in [2.24, 2.45) is 0 Å². The lowest BCUT2D eigenvalue weighted by Crippen LogP contribution is -2.61. The smallest absolute Gasteiger partial charge is 0.303 e. The van der Waals surface area contributed by atoms with Gasteiger partial charge in [-0.1, -0.05) is 0 Å². The van der Waals surface area contributed by atoms with Gasteiger partial charge in [-0.2, -0.15) is 0 Å². The summed E-state index contributed by atoms with van der Waals surface area (Å²) in [4.78, 5) is 48.8. The average molecular weight is 723 g/mol. The first-order chi connectivity index (χ1) is 24.0. The molecule has 2 aromatic carbocycles. The summed E-state index contributed by atoms with van der Waals surface area (Å²) in [5, 5.41) is 72.3. The highest BCUT2D eigenvalue weighted by molar-refractivity contribution is 5.88. The molecule has 0 bridgehead atoms. The van der Waals surface area contributed by atoms with E-state index in [9.17, 15) is 54.9 Å². The van der Waals surface area contributed by atoms with Gasteiger partial charge in [-0.3, -0.25) is 19.2 Å². The summed E-state index contributed by atoms with van der Waals surface area (Å²) in [5.74, 6) is -5.86. The van der Waals surface area contributed by atoms with Crippen molar-refractivity contribution in [1.82, 2.24) is 0 Å². The predicted molar refractivity (Wildman–Crippen MR) is 164 cm³/mol. The third-order valence-corrected chi connectivity index (χ3v) is 7.80. The summed E-state index contributed by atoms with van der Waals surface area (Å²) >= 11 is 0. The monoisotopic (exact) mass is 722 g/mol. The third-order valence-electron chi connectivity index (χ3n) is 7.80. The molecule has 276 valence electrons. The lowest BCUT2D eigenvalue weighted by Gasteiger charge is -2.42. The summed E-state index contributed by atoms with van der Waals surface area (Å²) < 4.78 is 44.0. The average Bonchev–Trinajstić information content (AvgIpc) is 3.05. The van der Waals surface area contributed by atoms with Gasteiger partial charge in [0, 0.05) is 38.5 Å². The normalized spacial score (nSPS) is 27.8. The molecular weight excluding hydrogens is 688 g/mol. The third kappa shape index (κ3) is 7.93. The molecule has 1 aromatic heterocycles. The summed E-state index contributed by atoms with van der Waals surface area (Å²) in [5.41, 5.74) is -1.43. The van der Waals surface area contributed by atoms with Crippen LogP contribution in [0.5, 0.6) is 28.7 Å². The molecule has 0 aliphatic carbocycles. The van der Waals surface area contributed by atoms with Crippen LogP contribution in [0.4, 0.5) is 0 Å². The molecule has 19 heteroatoms. The minimum atomic E-state index is -1.97. The van der Waals surface area contributed by atoms with Gasteiger partial charge in [0.15, 0.2) is 41.9 Å². The van der Waals surface area contributed by atoms with Crippen molar-refractivity contribution in [2.75, 3.05) is 13.2 Å². The Kier molecular flexibility index (Phi) is 10.9. The van der Waals surface area contributed by atoms with Gasteiger partial charge in [0.25, 0.3) is 0 Å². The molecular formula is C32H34O19. The molecule has 3 aromatic rings. The minimum Gasteiger partial charge on any atom is -0.508 e. The predicted octanol–water partition coefficient (Wildman–Crippen LogP) is -0.363. The Bertz CT molecular complexity index is 1850. The maximum Gasteiger partial charge on any atom is 0.303 e. The summed E-state index contributed by atoms with van der Waals surface area (Å²) in [7, 11) is 0. The molecule has 0 radical (unpaired) electrons. The molecule has 0 amide bonds. The van der Waals surface area contributed by atoms with Crippen LogP contribution in [0.2, 0.25) is 0 Å². The number of aliphatic hydroxyl groups is 3. The fourth-order valence-corrected chi connectivity index (χ4v) is 5.53. The zero-order valence-corrected chi connectivity index (χ0v) is 27.0. The molecule has 2 saturated heterocycles. The maximum absolute atomic E-state index is 13.4. The fourth-order valence-electron chi connectivity index (χ4n) is 5.53. The number of carbonyl (C=O) groups is 3. The van der Waals surface area contributed by atoms with Crippen molar-refractivity contribution in [1.29, 1.82) is 0 Å². The van der Waals surface area contributed by atoms with E-state index in [4.69, 9.17) is 37.6 Å². The van der Waals surface area contributed by atoms with Crippen molar-refractivity contribution in [3.8, 4) is 40.1 Å². The minimum absolute atomic E-state index is 0.0161. The first-order valence-corrected chi connectivity index (χ1v) is 15.2. The first-order valence-electron chi connectivity index (χ1n) is 15.2. The van der Waals surface area contributed by atoms with Gasteiger partial charge in [0.2, 0.25) is 17.5 Å². The van der Waals surface area contributed by atoms with Gasteiger partial charge in [0.05, 0.1) is 13.2 Å². The van der Waals surface area contributed by atoms with Gasteiger partial charge >= 0.3 is 17.9 Å². The van der Waals surface area contributed by atoms with Crippen molar-refractivity contribution in [2.45, 2.75) is 76.1 Å². The number of benzene rings is 2. The Morgan fingerprint density at radius 2 is 1.47 bits per heavy atom. The highest BCUT2D eigenvalue weighted by Gasteiger charge is 2.50. The molecule has 19 nitrogen and oxygen atoms in total. The molecule has 2 aliphatic rings. The highest BCUT2D eigenvalue weighted by Crippen LogP contribution is 2.39. The van der Waals surface area contributed by atoms with Crippen molar-refractivity contribution >= 4 is 28.9 Å². The van der Waals surface area contributed by atoms with Crippen LogP contribution in [0, 0.1) is 0 Å². The van der Waals surface area contributed by atoms with E-state index in [-0.39, 0.29) is 17.8 Å². The number of carbonyl (C=O) groups excluding carboxylic acids is 3. The number of esters is 3. The second-order valence-electron chi connectivity index (χ2n) is 11.6. The van der Waals surface area contributed by atoms with Gasteiger partial charge in [-0.15, -0.1) is 0 Å². The topological polar surface area (TPSA) is 288 Å². The van der Waals surface area contributed by atoms with Crippen molar-refractivity contribution in [3.05, 3.63) is 40.6 Å². The van der Waals surface area contributed by atoms with E-state index in [1.807, 2.05) is 0 Å². The second-order valence-corrected chi connectivity index (χ2v) is 11.6. The zero-order valence-electron chi connectivity index (χ0n) is 27.0. The first kappa shape index (κ1) is 37.1. The summed E-state index contributed by atoms with van der Waals surface area (Å²) in [6, 6.07) is 5.28. The van der Waals surface area contributed by atoms with Crippen molar-refractivity contribution in [3.63, 3.8) is 0 Å². The van der Waals surface area contributed by atoms with Gasteiger partial charge in [-0.25, -0.2) is 0 Å². The van der Waals surface area contributed by atoms with Crippen LogP contribution in [-0.2, 0) is 42.8 Å². The van der Waals surface area contributed by atoms with E-state index in [1.165, 1.54) is 6.07 Å². The molecule has 2 aliphatic heterocycles. The molecule has 51 heavy (non-hydrogen) atoms. The quantitative estimate of drug-likeness (QED) is 0.0843. The van der Waals surface area contributed by atoms with Crippen LogP contribution in [0.1, 0.15) is 20.8 Å². The maximum atomic E-state index is 13.4. The van der Waals surface area contributed by atoms with Gasteiger partial charge in [0.1, 0.15) is 46.9 Å². The van der Waals surface area contributed by atoms with Crippen LogP contribution in [0.25, 0.3) is 22.3 Å². The van der Waals surface area contributed by atoms with Gasteiger partial charge in [-0.05, 0) is 18.2 Å². The molecule has 7 N–H and O–H groups in total. The number of phenols is 3. The van der Waals surface area contributed by atoms with Crippen LogP contribution in [-0.4, -0.2) is 122 Å². The number of aliphatic hydroxyl groups excluding tert-OH is 3. The Morgan fingerprint density at radius 3 is 2.12 bits per heavy atom. The Morgan fingerprint density at radius 1 is 0.804 bits per heavy atom. The van der Waals surface area contributed by atoms with Crippen LogP contribution < -0.4 is 10.2 Å². The molecule has 2 fully saturated rings. The lowest BCUT2D eigenvalue weighted by molar-refractivity contribution is -0.310. The largest absolute Gasteiger partial charge is 0.508 e. The number of phenolic OH excluding ortho intramolecular Hbond substituents is 3. The zero-order chi connectivity index (χ0) is 37.3.